The molecular weight excluding hydrogens is 330 g/mol. The first-order valence-corrected chi connectivity index (χ1v) is 8.67. The molecule has 0 atom stereocenters. The summed E-state index contributed by atoms with van der Waals surface area (Å²) < 4.78 is 24.2. The van der Waals surface area contributed by atoms with Crippen molar-refractivity contribution in [3.63, 3.8) is 0 Å². The number of benzene rings is 2. The van der Waals surface area contributed by atoms with Gasteiger partial charge in [-0.2, -0.15) is 13.5 Å². The lowest BCUT2D eigenvalue weighted by molar-refractivity contribution is -0.385. The number of hydrazone groups is 1. The third-order valence-corrected chi connectivity index (χ3v) is 4.55. The molecule has 2 aromatic rings. The van der Waals surface area contributed by atoms with Gasteiger partial charge in [-0.1, -0.05) is 44.2 Å². The molecule has 0 aliphatic heterocycles. The van der Waals surface area contributed by atoms with Gasteiger partial charge < -0.3 is 0 Å². The lowest BCUT2D eigenvalue weighted by Gasteiger charge is -2.05. The molecule has 0 amide bonds. The highest BCUT2D eigenvalue weighted by Crippen LogP contribution is 2.17. The smallest absolute Gasteiger partial charge is 0.258 e. The van der Waals surface area contributed by atoms with E-state index in [1.807, 2.05) is 29.1 Å². The van der Waals surface area contributed by atoms with Gasteiger partial charge in [0.05, 0.1) is 16.0 Å². The highest BCUT2D eigenvalue weighted by atomic mass is 32.2. The van der Waals surface area contributed by atoms with E-state index in [0.717, 1.165) is 11.6 Å². The Morgan fingerprint density at radius 2 is 1.83 bits per heavy atom. The zero-order valence-electron chi connectivity index (χ0n) is 13.2. The van der Waals surface area contributed by atoms with E-state index in [-0.39, 0.29) is 10.6 Å². The van der Waals surface area contributed by atoms with Gasteiger partial charge in [0.1, 0.15) is 0 Å². The number of hydrogen-bond donors (Lipinski definition) is 1. The molecule has 0 saturated carbocycles. The van der Waals surface area contributed by atoms with Crippen LogP contribution in [0.4, 0.5) is 5.69 Å². The van der Waals surface area contributed by atoms with Crippen LogP contribution in [0, 0.1) is 10.1 Å². The van der Waals surface area contributed by atoms with Gasteiger partial charge in [0.25, 0.3) is 15.7 Å². The first-order valence-electron chi connectivity index (χ1n) is 7.19. The maximum Gasteiger partial charge on any atom is 0.276 e. The van der Waals surface area contributed by atoms with Crippen LogP contribution in [-0.2, 0) is 10.0 Å². The lowest BCUT2D eigenvalue weighted by Crippen LogP contribution is -2.18. The molecule has 0 fully saturated rings. The van der Waals surface area contributed by atoms with Crippen LogP contribution in [0.25, 0.3) is 0 Å². The molecule has 7 nitrogen and oxygen atoms in total. The third kappa shape index (κ3) is 4.39. The fraction of sp³-hybridized carbons (Fsp3) is 0.188. The second kappa shape index (κ2) is 7.22. The van der Waals surface area contributed by atoms with E-state index >= 15 is 0 Å². The molecule has 0 aliphatic carbocycles. The molecule has 2 aromatic carbocycles. The molecule has 0 aliphatic rings. The Morgan fingerprint density at radius 1 is 1.17 bits per heavy atom. The Balaban J connectivity index is 2.12. The minimum atomic E-state index is -3.96. The van der Waals surface area contributed by atoms with E-state index in [2.05, 4.69) is 18.9 Å². The summed E-state index contributed by atoms with van der Waals surface area (Å²) in [7, 11) is -3.96. The van der Waals surface area contributed by atoms with Crippen molar-refractivity contribution in [1.82, 2.24) is 4.83 Å². The second-order valence-corrected chi connectivity index (χ2v) is 7.09. The zero-order valence-corrected chi connectivity index (χ0v) is 14.0. The fourth-order valence-corrected chi connectivity index (χ4v) is 2.78. The number of nitrogens with zero attached hydrogens (tertiary/aromatic N) is 2. The first-order chi connectivity index (χ1) is 11.3. The van der Waals surface area contributed by atoms with Crippen LogP contribution in [0.1, 0.15) is 30.9 Å². The molecular formula is C16H17N3O4S. The molecule has 126 valence electrons. The van der Waals surface area contributed by atoms with Gasteiger partial charge in [-0.3, -0.25) is 10.1 Å². The molecule has 0 aromatic heterocycles. The van der Waals surface area contributed by atoms with Gasteiger partial charge in [0.2, 0.25) is 0 Å². The van der Waals surface area contributed by atoms with E-state index in [4.69, 9.17) is 0 Å². The number of non-ortho nitro benzene ring substituents is 1. The molecule has 2 rings (SSSR count). The molecule has 1 N–H and O–H groups in total. The van der Waals surface area contributed by atoms with E-state index < -0.39 is 14.9 Å². The van der Waals surface area contributed by atoms with Crippen LogP contribution in [0.3, 0.4) is 0 Å². The predicted octanol–water partition coefficient (Wildman–Crippen LogP) is 3.03. The highest BCUT2D eigenvalue weighted by molar-refractivity contribution is 7.89. The van der Waals surface area contributed by atoms with Gasteiger partial charge in [-0.05, 0) is 23.1 Å². The number of rotatable bonds is 6. The van der Waals surface area contributed by atoms with Crippen molar-refractivity contribution in [2.45, 2.75) is 24.7 Å². The summed E-state index contributed by atoms with van der Waals surface area (Å²) in [5, 5.41) is 14.4. The maximum absolute atomic E-state index is 12.1. The van der Waals surface area contributed by atoms with Gasteiger partial charge in [-0.25, -0.2) is 4.83 Å². The number of nitrogens with one attached hydrogen (secondary N) is 1. The normalized spacial score (nSPS) is 11.8. The summed E-state index contributed by atoms with van der Waals surface area (Å²) in [6, 6.07) is 12.3. The molecule has 0 spiro atoms. The number of hydrogen-bond acceptors (Lipinski definition) is 5. The predicted molar refractivity (Wildman–Crippen MR) is 91.5 cm³/mol. The molecule has 8 heteroatoms. The average Bonchev–Trinajstić information content (AvgIpc) is 2.55. The first kappa shape index (κ1) is 17.6. The molecule has 0 bridgehead atoms. The number of nitro benzene ring substituents is 1. The standard InChI is InChI=1S/C16H17N3O4S/c1-12(2)14-8-6-13(7-9-14)11-17-18-24(22,23)16-5-3-4-15(10-16)19(20)21/h3-12,18H,1-2H3/b17-11+. The van der Waals surface area contributed by atoms with Crippen LogP contribution < -0.4 is 4.83 Å². The third-order valence-electron chi connectivity index (χ3n) is 3.33. The zero-order chi connectivity index (χ0) is 17.7. The van der Waals surface area contributed by atoms with E-state index in [9.17, 15) is 18.5 Å². The number of nitro groups is 1. The minimum Gasteiger partial charge on any atom is -0.258 e. The Morgan fingerprint density at radius 3 is 2.42 bits per heavy atom. The Labute approximate surface area is 140 Å². The quantitative estimate of drug-likeness (QED) is 0.493. The summed E-state index contributed by atoms with van der Waals surface area (Å²) in [6.07, 6.45) is 1.37. The van der Waals surface area contributed by atoms with Crippen molar-refractivity contribution in [3.05, 3.63) is 69.8 Å². The van der Waals surface area contributed by atoms with Crippen LogP contribution in [-0.4, -0.2) is 19.6 Å². The van der Waals surface area contributed by atoms with E-state index in [1.165, 1.54) is 30.0 Å². The van der Waals surface area contributed by atoms with Crippen molar-refractivity contribution in [2.75, 3.05) is 0 Å². The summed E-state index contributed by atoms with van der Waals surface area (Å²) in [6.45, 7) is 4.16. The molecule has 0 heterocycles. The minimum absolute atomic E-state index is 0.219. The van der Waals surface area contributed by atoms with Crippen molar-refractivity contribution in [2.24, 2.45) is 5.10 Å². The van der Waals surface area contributed by atoms with Crippen molar-refractivity contribution in [3.8, 4) is 0 Å². The fourth-order valence-electron chi connectivity index (χ4n) is 1.95. The maximum atomic E-state index is 12.1. The summed E-state index contributed by atoms with van der Waals surface area (Å²) >= 11 is 0. The van der Waals surface area contributed by atoms with Crippen molar-refractivity contribution < 1.29 is 13.3 Å². The second-order valence-electron chi connectivity index (χ2n) is 5.43. The molecule has 0 radical (unpaired) electrons. The summed E-state index contributed by atoms with van der Waals surface area (Å²) in [4.78, 5) is 11.9. The van der Waals surface area contributed by atoms with E-state index in [0.29, 0.717) is 5.92 Å². The molecule has 0 unspecified atom stereocenters. The molecule has 24 heavy (non-hydrogen) atoms. The van der Waals surface area contributed by atoms with Crippen LogP contribution in [0.15, 0.2) is 58.5 Å². The summed E-state index contributed by atoms with van der Waals surface area (Å²) in [5.74, 6) is 0.406. The largest absolute Gasteiger partial charge is 0.276 e. The Hall–Kier alpha value is -2.74. The van der Waals surface area contributed by atoms with Gasteiger partial charge >= 0.3 is 0 Å². The van der Waals surface area contributed by atoms with E-state index in [1.54, 1.807) is 0 Å². The van der Waals surface area contributed by atoms with Gasteiger partial charge in [0.15, 0.2) is 0 Å². The number of sulfonamides is 1. The Bertz CT molecular complexity index is 859. The van der Waals surface area contributed by atoms with Gasteiger partial charge in [-0.15, -0.1) is 0 Å². The van der Waals surface area contributed by atoms with Gasteiger partial charge in [0, 0.05) is 12.1 Å². The summed E-state index contributed by atoms with van der Waals surface area (Å²) in [5.41, 5.74) is 1.61. The van der Waals surface area contributed by atoms with Crippen LogP contribution >= 0.6 is 0 Å². The molecule has 0 saturated heterocycles. The lowest BCUT2D eigenvalue weighted by atomic mass is 10.0. The topological polar surface area (TPSA) is 102 Å². The van der Waals surface area contributed by atoms with Crippen LogP contribution in [0.2, 0.25) is 0 Å². The Kier molecular flexibility index (Phi) is 5.30. The van der Waals surface area contributed by atoms with Crippen molar-refractivity contribution >= 4 is 21.9 Å². The van der Waals surface area contributed by atoms with Crippen LogP contribution in [0.5, 0.6) is 0 Å². The highest BCUT2D eigenvalue weighted by Gasteiger charge is 2.16. The monoisotopic (exact) mass is 347 g/mol. The SMILES string of the molecule is CC(C)c1ccc(/C=N/NS(=O)(=O)c2cccc([N+](=O)[O-])c2)cc1. The average molecular weight is 347 g/mol. The van der Waals surface area contributed by atoms with Crippen molar-refractivity contribution in [1.29, 1.82) is 0 Å².